The van der Waals surface area contributed by atoms with Gasteiger partial charge >= 0.3 is 0 Å². The Morgan fingerprint density at radius 3 is 2.81 bits per heavy atom. The van der Waals surface area contributed by atoms with E-state index >= 15 is 0 Å². The van der Waals surface area contributed by atoms with Crippen molar-refractivity contribution >= 4 is 5.82 Å². The number of nitriles is 1. The van der Waals surface area contributed by atoms with Gasteiger partial charge in [-0.2, -0.15) is 15.5 Å². The highest BCUT2D eigenvalue weighted by atomic mass is 16.5. The lowest BCUT2D eigenvalue weighted by molar-refractivity contribution is 0.228. The molecule has 4 aromatic rings. The van der Waals surface area contributed by atoms with Crippen LogP contribution in [0.2, 0.25) is 0 Å². The molecule has 4 heterocycles. The first-order valence-electron chi connectivity index (χ1n) is 10.4. The van der Waals surface area contributed by atoms with E-state index in [1.807, 2.05) is 38.0 Å². The molecule has 0 saturated carbocycles. The SMILES string of the molecule is Cc1ccc2c(c1)C(C)Oc1cc(cnc1N)-c1c(C#N)nn(C)c1Cc1cn(C)nc1-2. The Hall–Kier alpha value is -4.12. The molecule has 1 unspecified atom stereocenters. The fraction of sp³-hybridized carbons (Fsp3) is 0.250. The monoisotopic (exact) mass is 425 g/mol. The lowest BCUT2D eigenvalue weighted by atomic mass is 9.93. The number of hydrogen-bond donors (Lipinski definition) is 1. The van der Waals surface area contributed by atoms with Crippen molar-refractivity contribution in [1.29, 1.82) is 5.26 Å². The quantitative estimate of drug-likeness (QED) is 0.460. The summed E-state index contributed by atoms with van der Waals surface area (Å²) >= 11 is 0. The molecule has 1 aromatic carbocycles. The summed E-state index contributed by atoms with van der Waals surface area (Å²) in [4.78, 5) is 4.36. The normalized spacial score (nSPS) is 14.8. The lowest BCUT2D eigenvalue weighted by Crippen LogP contribution is -2.09. The average molecular weight is 425 g/mol. The third-order valence-electron chi connectivity index (χ3n) is 5.91. The third kappa shape index (κ3) is 3.10. The Bertz CT molecular complexity index is 1410. The summed E-state index contributed by atoms with van der Waals surface area (Å²) in [6, 6.07) is 10.4. The van der Waals surface area contributed by atoms with Crippen LogP contribution in [0.5, 0.6) is 5.75 Å². The summed E-state index contributed by atoms with van der Waals surface area (Å²) in [5.74, 6) is 0.775. The number of nitrogens with two attached hydrogens (primary N) is 1. The molecule has 8 nitrogen and oxygen atoms in total. The number of anilines is 1. The number of nitrogen functional groups attached to an aromatic ring is 1. The molecule has 0 radical (unpaired) electrons. The van der Waals surface area contributed by atoms with Crippen LogP contribution >= 0.6 is 0 Å². The number of pyridine rings is 1. The zero-order valence-electron chi connectivity index (χ0n) is 18.4. The Kier molecular flexibility index (Phi) is 4.48. The van der Waals surface area contributed by atoms with E-state index in [4.69, 9.17) is 15.6 Å². The van der Waals surface area contributed by atoms with Crippen LogP contribution in [0.25, 0.3) is 22.4 Å². The fourth-order valence-corrected chi connectivity index (χ4v) is 4.39. The molecule has 0 amide bonds. The van der Waals surface area contributed by atoms with Crippen molar-refractivity contribution < 1.29 is 4.74 Å². The first kappa shape index (κ1) is 19.8. The number of fused-ring (bicyclic) bond motifs is 7. The van der Waals surface area contributed by atoms with Gasteiger partial charge < -0.3 is 10.5 Å². The number of aromatic nitrogens is 5. The van der Waals surface area contributed by atoms with Crippen molar-refractivity contribution in [1.82, 2.24) is 24.5 Å². The molecule has 0 spiro atoms. The molecule has 1 atom stereocenters. The number of hydrogen-bond acceptors (Lipinski definition) is 6. The molecule has 0 fully saturated rings. The number of ether oxygens (including phenoxy) is 1. The average Bonchev–Trinajstić information content (AvgIpc) is 3.28. The number of nitrogens with zero attached hydrogens (tertiary/aromatic N) is 6. The zero-order chi connectivity index (χ0) is 22.6. The highest BCUT2D eigenvalue weighted by Gasteiger charge is 2.25. The van der Waals surface area contributed by atoms with Gasteiger partial charge in [0.25, 0.3) is 0 Å². The first-order valence-corrected chi connectivity index (χ1v) is 10.4. The van der Waals surface area contributed by atoms with Crippen LogP contribution in [0.15, 0.2) is 36.7 Å². The summed E-state index contributed by atoms with van der Waals surface area (Å²) in [5.41, 5.74) is 14.0. The third-order valence-corrected chi connectivity index (χ3v) is 5.91. The van der Waals surface area contributed by atoms with Crippen molar-refractivity contribution in [2.75, 3.05) is 5.73 Å². The lowest BCUT2D eigenvalue weighted by Gasteiger charge is -2.21. The zero-order valence-corrected chi connectivity index (χ0v) is 18.4. The van der Waals surface area contributed by atoms with Gasteiger partial charge in [-0.25, -0.2) is 4.98 Å². The minimum Gasteiger partial charge on any atom is -0.482 e. The maximum absolute atomic E-state index is 9.76. The topological polar surface area (TPSA) is 108 Å². The summed E-state index contributed by atoms with van der Waals surface area (Å²) < 4.78 is 9.90. The number of benzene rings is 1. The second-order valence-electron chi connectivity index (χ2n) is 8.22. The van der Waals surface area contributed by atoms with Crippen LogP contribution in [-0.2, 0) is 20.5 Å². The largest absolute Gasteiger partial charge is 0.482 e. The Morgan fingerprint density at radius 1 is 1.22 bits per heavy atom. The van der Waals surface area contributed by atoms with Gasteiger partial charge in [-0.3, -0.25) is 9.36 Å². The molecule has 2 bridgehead atoms. The van der Waals surface area contributed by atoms with E-state index in [2.05, 4.69) is 41.3 Å². The van der Waals surface area contributed by atoms with Crippen molar-refractivity contribution in [2.24, 2.45) is 14.1 Å². The summed E-state index contributed by atoms with van der Waals surface area (Å²) in [6.45, 7) is 4.05. The van der Waals surface area contributed by atoms with Crippen molar-refractivity contribution in [3.63, 3.8) is 0 Å². The molecule has 0 saturated heterocycles. The Balaban J connectivity index is 1.85. The van der Waals surface area contributed by atoms with E-state index in [9.17, 15) is 5.26 Å². The van der Waals surface area contributed by atoms with E-state index < -0.39 is 0 Å². The molecule has 1 aliphatic rings. The van der Waals surface area contributed by atoms with Crippen LogP contribution in [0.4, 0.5) is 5.82 Å². The second-order valence-corrected chi connectivity index (χ2v) is 8.22. The molecule has 1 aliphatic heterocycles. The van der Waals surface area contributed by atoms with Crippen molar-refractivity contribution in [2.45, 2.75) is 26.4 Å². The Morgan fingerprint density at radius 2 is 2.03 bits per heavy atom. The van der Waals surface area contributed by atoms with Crippen LogP contribution in [0.1, 0.15) is 41.1 Å². The van der Waals surface area contributed by atoms with Gasteiger partial charge in [0.15, 0.2) is 17.3 Å². The minimum atomic E-state index is -0.290. The minimum absolute atomic E-state index is 0.290. The van der Waals surface area contributed by atoms with Gasteiger partial charge in [0.1, 0.15) is 12.2 Å². The van der Waals surface area contributed by atoms with Gasteiger partial charge in [-0.1, -0.05) is 23.8 Å². The number of aryl methyl sites for hydroxylation is 3. The molecule has 2 N–H and O–H groups in total. The summed E-state index contributed by atoms with van der Waals surface area (Å²) in [7, 11) is 3.76. The molecule has 160 valence electrons. The van der Waals surface area contributed by atoms with Crippen molar-refractivity contribution in [3.05, 3.63) is 64.7 Å². The standard InChI is InChI=1S/C24H23N7O/c1-13-5-6-17-18(7-13)14(2)32-21-9-15(11-27-24(21)26)22-19(10-25)28-31(4)20(22)8-16-12-30(3)29-23(16)17/h5-7,9,11-12,14H,8H2,1-4H3,(H2,26,27). The summed E-state index contributed by atoms with van der Waals surface area (Å²) in [6.07, 6.45) is 3.96. The van der Waals surface area contributed by atoms with Gasteiger partial charge in [-0.05, 0) is 19.9 Å². The van der Waals surface area contributed by atoms with Crippen LogP contribution in [-0.4, -0.2) is 24.5 Å². The van der Waals surface area contributed by atoms with Crippen LogP contribution in [0.3, 0.4) is 0 Å². The maximum Gasteiger partial charge on any atom is 0.170 e. The second kappa shape index (κ2) is 7.24. The fourth-order valence-electron chi connectivity index (χ4n) is 4.39. The predicted molar refractivity (Wildman–Crippen MR) is 121 cm³/mol. The van der Waals surface area contributed by atoms with Gasteiger partial charge in [0.05, 0.1) is 11.4 Å². The molecular weight excluding hydrogens is 402 g/mol. The highest BCUT2D eigenvalue weighted by Crippen LogP contribution is 2.39. The molecular formula is C24H23N7O. The molecule has 0 aliphatic carbocycles. The highest BCUT2D eigenvalue weighted by molar-refractivity contribution is 5.75. The smallest absolute Gasteiger partial charge is 0.170 e. The molecule has 3 aromatic heterocycles. The van der Waals surface area contributed by atoms with Crippen LogP contribution < -0.4 is 10.5 Å². The van der Waals surface area contributed by atoms with Gasteiger partial charge in [-0.15, -0.1) is 0 Å². The van der Waals surface area contributed by atoms with E-state index in [1.165, 1.54) is 0 Å². The van der Waals surface area contributed by atoms with E-state index in [1.54, 1.807) is 10.9 Å². The maximum atomic E-state index is 9.76. The Labute approximate surface area is 185 Å². The first-order chi connectivity index (χ1) is 15.4. The van der Waals surface area contributed by atoms with E-state index in [-0.39, 0.29) is 6.10 Å². The molecule has 5 rings (SSSR count). The van der Waals surface area contributed by atoms with E-state index in [0.29, 0.717) is 23.7 Å². The van der Waals surface area contributed by atoms with Gasteiger partial charge in [0, 0.05) is 60.7 Å². The number of rotatable bonds is 0. The van der Waals surface area contributed by atoms with E-state index in [0.717, 1.165) is 44.8 Å². The molecule has 32 heavy (non-hydrogen) atoms. The van der Waals surface area contributed by atoms with Crippen LogP contribution in [0, 0.1) is 18.3 Å². The molecule has 8 heteroatoms. The summed E-state index contributed by atoms with van der Waals surface area (Å²) in [5, 5.41) is 19.0. The van der Waals surface area contributed by atoms with Crippen molar-refractivity contribution in [3.8, 4) is 34.2 Å². The predicted octanol–water partition coefficient (Wildman–Crippen LogP) is 3.69. The van der Waals surface area contributed by atoms with Gasteiger partial charge in [0.2, 0.25) is 0 Å².